The molecule has 0 aromatic heterocycles. The minimum atomic E-state index is -1.05. The van der Waals surface area contributed by atoms with Crippen LogP contribution >= 0.6 is 0 Å². The Bertz CT molecular complexity index is 232. The second-order valence-corrected chi connectivity index (χ2v) is 1.53. The highest BCUT2D eigenvalue weighted by Crippen LogP contribution is 1.94. The van der Waals surface area contributed by atoms with Crippen LogP contribution in [0.1, 0.15) is 0 Å². The van der Waals surface area contributed by atoms with Crippen molar-refractivity contribution in [3.63, 3.8) is 0 Å². The summed E-state index contributed by atoms with van der Waals surface area (Å²) in [4.78, 5) is 2.88. The molecule has 0 aromatic carbocycles. The molecule has 0 radical (unpaired) electrons. The molecule has 0 amide bonds. The molecule has 0 fully saturated rings. The molecular weight excluding hydrogens is 128 g/mol. The van der Waals surface area contributed by atoms with Gasteiger partial charge < -0.3 is 4.85 Å². The highest BCUT2D eigenvalue weighted by molar-refractivity contribution is 5.91. The van der Waals surface area contributed by atoms with E-state index in [2.05, 4.69) is 4.85 Å². The maximum absolute atomic E-state index is 8.21. The molecule has 0 bridgehead atoms. The molecule has 0 atom stereocenters. The number of rotatable bonds is 2. The van der Waals surface area contributed by atoms with Gasteiger partial charge in [0.05, 0.1) is 12.1 Å². The molecule has 0 aliphatic heterocycles. The summed E-state index contributed by atoms with van der Waals surface area (Å²) in [7, 11) is 0. The molecule has 1 N–H and O–H groups in total. The molecule has 0 saturated heterocycles. The molecule has 0 aliphatic rings. The average Bonchev–Trinajstić information content (AvgIpc) is 1.91. The molecule has 0 unspecified atom stereocenters. The summed E-state index contributed by atoms with van der Waals surface area (Å²) in [6.07, 6.45) is 0. The van der Waals surface area contributed by atoms with E-state index in [1.807, 2.05) is 0 Å². The van der Waals surface area contributed by atoms with Crippen LogP contribution in [0.15, 0.2) is 0 Å². The summed E-state index contributed by atoms with van der Waals surface area (Å²) in [5.74, 6) is -1.05. The van der Waals surface area contributed by atoms with Crippen LogP contribution in [0.4, 0.5) is 0 Å². The fourth-order valence-corrected chi connectivity index (χ4v) is 0.361. The summed E-state index contributed by atoms with van der Waals surface area (Å²) in [5.41, 5.74) is -0.125. The van der Waals surface area contributed by atoms with Crippen molar-refractivity contribution >= 4 is 5.71 Å². The van der Waals surface area contributed by atoms with Gasteiger partial charge in [0.1, 0.15) is 5.71 Å². The van der Waals surface area contributed by atoms with Crippen LogP contribution < -0.4 is 0 Å². The van der Waals surface area contributed by atoms with E-state index in [1.165, 1.54) is 0 Å². The summed E-state index contributed by atoms with van der Waals surface area (Å²) in [5, 5.41) is 23.4. The van der Waals surface area contributed by atoms with Gasteiger partial charge in [0, 0.05) is 0 Å². The van der Waals surface area contributed by atoms with Crippen LogP contribution in [0.5, 0.6) is 0 Å². The van der Waals surface area contributed by atoms with E-state index in [9.17, 15) is 0 Å². The number of nitrogens with one attached hydrogen (secondary N) is 1. The van der Waals surface area contributed by atoms with Gasteiger partial charge >= 0.3 is 0 Å². The molecule has 0 rings (SSSR count). The van der Waals surface area contributed by atoms with E-state index in [0.29, 0.717) is 0 Å². The Kier molecular flexibility index (Phi) is 3.31. The zero-order valence-corrected chi connectivity index (χ0v) is 5.13. The molecule has 10 heavy (non-hydrogen) atoms. The predicted molar refractivity (Wildman–Crippen MR) is 33.9 cm³/mol. The minimum Gasteiger partial charge on any atom is -0.310 e. The lowest BCUT2D eigenvalue weighted by Gasteiger charge is -1.91. The Balaban J connectivity index is 4.13. The van der Waals surface area contributed by atoms with Crippen molar-refractivity contribution in [2.75, 3.05) is 6.54 Å². The Morgan fingerprint density at radius 2 is 2.10 bits per heavy atom. The number of hydrogen-bond acceptors (Lipinski definition) is 3. The van der Waals surface area contributed by atoms with Gasteiger partial charge in [0.25, 0.3) is 6.54 Å². The van der Waals surface area contributed by atoms with Crippen molar-refractivity contribution in [2.24, 2.45) is 5.92 Å². The molecule has 4 heteroatoms. The van der Waals surface area contributed by atoms with Crippen molar-refractivity contribution in [3.05, 3.63) is 11.4 Å². The highest BCUT2D eigenvalue weighted by Gasteiger charge is 2.13. The lowest BCUT2D eigenvalue weighted by atomic mass is 10.1. The largest absolute Gasteiger partial charge is 0.310 e. The highest BCUT2D eigenvalue weighted by atomic mass is 14.7. The van der Waals surface area contributed by atoms with E-state index in [0.717, 1.165) is 0 Å². The SMILES string of the molecule is [C-]#[N+]CC(=N)C(C#N)C#N. The van der Waals surface area contributed by atoms with Gasteiger partial charge in [-0.2, -0.15) is 10.5 Å². The van der Waals surface area contributed by atoms with Crippen LogP contribution in [-0.4, -0.2) is 12.3 Å². The normalized spacial score (nSPS) is 7.40. The number of nitriles is 2. The lowest BCUT2D eigenvalue weighted by Crippen LogP contribution is -2.11. The standard InChI is InChI=1S/C6H4N4/c1-10-4-6(9)5(2-7)3-8/h5,9H,4H2. The quantitative estimate of drug-likeness (QED) is 0.441. The third-order valence-corrected chi connectivity index (χ3v) is 0.856. The van der Waals surface area contributed by atoms with E-state index in [-0.39, 0.29) is 12.3 Å². The molecule has 0 heterocycles. The summed E-state index contributed by atoms with van der Waals surface area (Å²) in [6.45, 7) is 6.18. The van der Waals surface area contributed by atoms with Gasteiger partial charge in [-0.05, 0) is 0 Å². The molecule has 4 nitrogen and oxygen atoms in total. The first kappa shape index (κ1) is 8.14. The first-order valence-corrected chi connectivity index (χ1v) is 2.46. The Morgan fingerprint density at radius 1 is 1.60 bits per heavy atom. The second kappa shape index (κ2) is 4.06. The topological polar surface area (TPSA) is 75.8 Å². The summed E-state index contributed by atoms with van der Waals surface area (Å²) < 4.78 is 0. The predicted octanol–water partition coefficient (Wildman–Crippen LogP) is 0.589. The van der Waals surface area contributed by atoms with Crippen molar-refractivity contribution in [2.45, 2.75) is 0 Å². The maximum atomic E-state index is 8.21. The number of hydrogen-bond donors (Lipinski definition) is 1. The summed E-state index contributed by atoms with van der Waals surface area (Å²) >= 11 is 0. The fourth-order valence-electron chi connectivity index (χ4n) is 0.361. The van der Waals surface area contributed by atoms with Crippen LogP contribution in [0.3, 0.4) is 0 Å². The van der Waals surface area contributed by atoms with Gasteiger partial charge in [-0.15, -0.1) is 0 Å². The van der Waals surface area contributed by atoms with Gasteiger partial charge in [-0.3, -0.25) is 5.41 Å². The number of nitrogens with zero attached hydrogens (tertiary/aromatic N) is 3. The lowest BCUT2D eigenvalue weighted by molar-refractivity contribution is 1.11. The van der Waals surface area contributed by atoms with Gasteiger partial charge in [0.15, 0.2) is 5.92 Å². The van der Waals surface area contributed by atoms with Crippen LogP contribution in [-0.2, 0) is 0 Å². The molecular formula is C6H4N4. The van der Waals surface area contributed by atoms with E-state index >= 15 is 0 Å². The van der Waals surface area contributed by atoms with Crippen molar-refractivity contribution < 1.29 is 0 Å². The molecule has 48 valence electrons. The summed E-state index contributed by atoms with van der Waals surface area (Å²) in [6, 6.07) is 3.21. The minimum absolute atomic E-state index is 0.125. The van der Waals surface area contributed by atoms with Crippen LogP contribution in [0.2, 0.25) is 0 Å². The van der Waals surface area contributed by atoms with Gasteiger partial charge in [-0.25, -0.2) is 6.57 Å². The molecule has 0 aromatic rings. The monoisotopic (exact) mass is 132 g/mol. The zero-order valence-electron chi connectivity index (χ0n) is 5.13. The third-order valence-electron chi connectivity index (χ3n) is 0.856. The van der Waals surface area contributed by atoms with E-state index in [1.54, 1.807) is 12.1 Å². The molecule has 0 spiro atoms. The molecule has 0 saturated carbocycles. The Hall–Kier alpha value is -1.86. The maximum Gasteiger partial charge on any atom is 0.254 e. The first-order valence-electron chi connectivity index (χ1n) is 2.46. The Labute approximate surface area is 58.6 Å². The van der Waals surface area contributed by atoms with Crippen LogP contribution in [0.25, 0.3) is 4.85 Å². The van der Waals surface area contributed by atoms with E-state index < -0.39 is 5.92 Å². The average molecular weight is 132 g/mol. The Morgan fingerprint density at radius 3 is 2.40 bits per heavy atom. The van der Waals surface area contributed by atoms with Gasteiger partial charge in [-0.1, -0.05) is 0 Å². The van der Waals surface area contributed by atoms with E-state index in [4.69, 9.17) is 22.5 Å². The van der Waals surface area contributed by atoms with Crippen molar-refractivity contribution in [1.29, 1.82) is 15.9 Å². The van der Waals surface area contributed by atoms with Crippen LogP contribution in [0, 0.1) is 40.6 Å². The zero-order chi connectivity index (χ0) is 7.98. The third kappa shape index (κ3) is 1.94. The van der Waals surface area contributed by atoms with Gasteiger partial charge in [0.2, 0.25) is 0 Å². The first-order chi connectivity index (χ1) is 4.76. The molecule has 0 aliphatic carbocycles. The second-order valence-electron chi connectivity index (χ2n) is 1.53. The van der Waals surface area contributed by atoms with Crippen molar-refractivity contribution in [3.8, 4) is 12.1 Å². The van der Waals surface area contributed by atoms with Crippen molar-refractivity contribution in [1.82, 2.24) is 0 Å². The smallest absolute Gasteiger partial charge is 0.254 e. The fraction of sp³-hybridized carbons (Fsp3) is 0.333.